The summed E-state index contributed by atoms with van der Waals surface area (Å²) in [6.45, 7) is 1.45. The molecular weight excluding hydrogens is 220 g/mol. The van der Waals surface area contributed by atoms with Crippen LogP contribution in [0.25, 0.3) is 0 Å². The number of carbonyl (C=O) groups is 1. The second-order valence-corrected chi connectivity index (χ2v) is 4.66. The second-order valence-electron chi connectivity index (χ2n) is 4.66. The lowest BCUT2D eigenvalue weighted by atomic mass is 9.95. The lowest BCUT2D eigenvalue weighted by molar-refractivity contribution is 0.0585. The minimum Gasteiger partial charge on any atom is -0.464 e. The van der Waals surface area contributed by atoms with Gasteiger partial charge in [-0.3, -0.25) is 0 Å². The van der Waals surface area contributed by atoms with Gasteiger partial charge < -0.3 is 19.7 Å². The van der Waals surface area contributed by atoms with Crippen LogP contribution in [0.3, 0.4) is 0 Å². The van der Waals surface area contributed by atoms with Gasteiger partial charge in [-0.2, -0.15) is 0 Å². The molecule has 0 bridgehead atoms. The summed E-state index contributed by atoms with van der Waals surface area (Å²) in [5.41, 5.74) is 0.783. The average Bonchev–Trinajstić information content (AvgIpc) is 2.85. The van der Waals surface area contributed by atoms with Crippen LogP contribution in [0, 0.1) is 0 Å². The molecule has 1 fully saturated rings. The van der Waals surface area contributed by atoms with Crippen LogP contribution in [0.2, 0.25) is 0 Å². The van der Waals surface area contributed by atoms with E-state index >= 15 is 0 Å². The van der Waals surface area contributed by atoms with Gasteiger partial charge in [0.25, 0.3) is 0 Å². The van der Waals surface area contributed by atoms with Crippen molar-refractivity contribution in [3.05, 3.63) is 23.5 Å². The van der Waals surface area contributed by atoms with Crippen LogP contribution in [0.1, 0.15) is 22.5 Å². The maximum absolute atomic E-state index is 11.4. The number of nitrogens with one attached hydrogen (secondary N) is 1. The Morgan fingerprint density at radius 3 is 3.06 bits per heavy atom. The fourth-order valence-corrected chi connectivity index (χ4v) is 2.30. The number of β-amino-alcohol motifs (C(OH)–C–C–N with tert-alkyl or cyclic N) is 1. The van der Waals surface area contributed by atoms with Crippen molar-refractivity contribution in [3.63, 3.8) is 0 Å². The summed E-state index contributed by atoms with van der Waals surface area (Å²) in [5, 5.41) is 13.4. The maximum Gasteiger partial charge on any atom is 0.354 e. The molecular formula is C12H18N2O3. The van der Waals surface area contributed by atoms with Crippen LogP contribution in [0.5, 0.6) is 0 Å². The molecule has 0 amide bonds. The summed E-state index contributed by atoms with van der Waals surface area (Å²) in [5.74, 6) is -0.352. The Bertz CT molecular complexity index is 419. The second kappa shape index (κ2) is 4.50. The molecule has 1 saturated heterocycles. The highest BCUT2D eigenvalue weighted by Gasteiger charge is 2.31. The first-order valence-corrected chi connectivity index (χ1v) is 5.71. The normalized spacial score (nSPS) is 23.9. The molecule has 0 aliphatic carbocycles. The monoisotopic (exact) mass is 238 g/mol. The fourth-order valence-electron chi connectivity index (χ4n) is 2.30. The van der Waals surface area contributed by atoms with Crippen LogP contribution >= 0.6 is 0 Å². The van der Waals surface area contributed by atoms with E-state index in [1.54, 1.807) is 17.7 Å². The first kappa shape index (κ1) is 12.1. The Hall–Kier alpha value is -1.33. The zero-order valence-electron chi connectivity index (χ0n) is 10.2. The van der Waals surface area contributed by atoms with E-state index in [0.29, 0.717) is 18.7 Å². The number of esters is 1. The molecule has 0 saturated carbocycles. The summed E-state index contributed by atoms with van der Waals surface area (Å²) >= 11 is 0. The van der Waals surface area contributed by atoms with Crippen molar-refractivity contribution in [3.8, 4) is 0 Å². The first-order chi connectivity index (χ1) is 8.04. The van der Waals surface area contributed by atoms with Crippen molar-refractivity contribution >= 4 is 5.97 Å². The van der Waals surface area contributed by atoms with Gasteiger partial charge in [-0.1, -0.05) is 0 Å². The van der Waals surface area contributed by atoms with Gasteiger partial charge in [0, 0.05) is 26.2 Å². The van der Waals surface area contributed by atoms with Gasteiger partial charge in [0.1, 0.15) is 5.69 Å². The molecule has 2 heterocycles. The molecule has 1 aliphatic rings. The smallest absolute Gasteiger partial charge is 0.354 e. The van der Waals surface area contributed by atoms with E-state index in [2.05, 4.69) is 5.32 Å². The average molecular weight is 238 g/mol. The third-order valence-electron chi connectivity index (χ3n) is 3.21. The number of aryl methyl sites for hydroxylation is 1. The van der Waals surface area contributed by atoms with E-state index in [9.17, 15) is 9.90 Å². The standard InChI is InChI=1S/C12H18N2O3/c1-14-7-9(5-10(14)11(15)17-2)6-12(16)3-4-13-8-12/h5,7,13,16H,3-4,6,8H2,1-2H3. The van der Waals surface area contributed by atoms with Gasteiger partial charge in [0.2, 0.25) is 0 Å². The van der Waals surface area contributed by atoms with Gasteiger partial charge in [-0.25, -0.2) is 4.79 Å². The number of hydrogen-bond donors (Lipinski definition) is 2. The van der Waals surface area contributed by atoms with E-state index in [-0.39, 0.29) is 5.97 Å². The predicted molar refractivity (Wildman–Crippen MR) is 62.9 cm³/mol. The molecule has 94 valence electrons. The minimum absolute atomic E-state index is 0.352. The van der Waals surface area contributed by atoms with Crippen molar-refractivity contribution in [1.82, 2.24) is 9.88 Å². The number of carbonyl (C=O) groups excluding carboxylic acids is 1. The Kier molecular flexibility index (Phi) is 3.22. The Morgan fingerprint density at radius 1 is 1.71 bits per heavy atom. The van der Waals surface area contributed by atoms with E-state index in [1.807, 2.05) is 6.20 Å². The number of ether oxygens (including phenoxy) is 1. The molecule has 0 radical (unpaired) electrons. The Balaban J connectivity index is 2.14. The minimum atomic E-state index is -0.686. The third kappa shape index (κ3) is 2.50. The molecule has 2 N–H and O–H groups in total. The van der Waals surface area contributed by atoms with Gasteiger partial charge in [-0.15, -0.1) is 0 Å². The summed E-state index contributed by atoms with van der Waals surface area (Å²) in [6.07, 6.45) is 3.17. The van der Waals surface area contributed by atoms with Gasteiger partial charge in [0.05, 0.1) is 12.7 Å². The van der Waals surface area contributed by atoms with E-state index < -0.39 is 5.60 Å². The summed E-state index contributed by atoms with van der Waals surface area (Å²) < 4.78 is 6.42. The number of nitrogens with zero attached hydrogens (tertiary/aromatic N) is 1. The van der Waals surface area contributed by atoms with E-state index in [1.165, 1.54) is 7.11 Å². The molecule has 0 spiro atoms. The molecule has 5 heteroatoms. The van der Waals surface area contributed by atoms with Crippen molar-refractivity contribution in [1.29, 1.82) is 0 Å². The van der Waals surface area contributed by atoms with Crippen molar-refractivity contribution < 1.29 is 14.6 Å². The molecule has 1 aliphatic heterocycles. The highest BCUT2D eigenvalue weighted by Crippen LogP contribution is 2.21. The number of aliphatic hydroxyl groups is 1. The fraction of sp³-hybridized carbons (Fsp3) is 0.583. The van der Waals surface area contributed by atoms with E-state index in [4.69, 9.17) is 4.74 Å². The quantitative estimate of drug-likeness (QED) is 0.732. The largest absolute Gasteiger partial charge is 0.464 e. The molecule has 17 heavy (non-hydrogen) atoms. The van der Waals surface area contributed by atoms with Gasteiger partial charge in [-0.05, 0) is 24.6 Å². The zero-order valence-corrected chi connectivity index (χ0v) is 10.2. The summed E-state index contributed by atoms with van der Waals surface area (Å²) in [4.78, 5) is 11.4. The van der Waals surface area contributed by atoms with Crippen molar-refractivity contribution in [2.75, 3.05) is 20.2 Å². The highest BCUT2D eigenvalue weighted by atomic mass is 16.5. The van der Waals surface area contributed by atoms with Gasteiger partial charge in [0.15, 0.2) is 0 Å². The van der Waals surface area contributed by atoms with Crippen molar-refractivity contribution in [2.24, 2.45) is 7.05 Å². The lowest BCUT2D eigenvalue weighted by Crippen LogP contribution is -2.33. The van der Waals surface area contributed by atoms with Gasteiger partial charge >= 0.3 is 5.97 Å². The number of methoxy groups -OCH3 is 1. The molecule has 0 aromatic carbocycles. The van der Waals surface area contributed by atoms with Crippen LogP contribution in [-0.2, 0) is 18.2 Å². The number of hydrogen-bond acceptors (Lipinski definition) is 4. The Labute approximate surface area is 100 Å². The zero-order chi connectivity index (χ0) is 12.5. The molecule has 1 aromatic rings. The number of rotatable bonds is 3. The van der Waals surface area contributed by atoms with Crippen LogP contribution in [0.15, 0.2) is 12.3 Å². The molecule has 5 nitrogen and oxygen atoms in total. The first-order valence-electron chi connectivity index (χ1n) is 5.71. The lowest BCUT2D eigenvalue weighted by Gasteiger charge is -2.20. The molecule has 2 rings (SSSR count). The third-order valence-corrected chi connectivity index (χ3v) is 3.21. The summed E-state index contributed by atoms with van der Waals surface area (Å²) in [7, 11) is 3.16. The summed E-state index contributed by atoms with van der Waals surface area (Å²) in [6, 6.07) is 1.78. The predicted octanol–water partition coefficient (Wildman–Crippen LogP) is 0.0786. The maximum atomic E-state index is 11.4. The van der Waals surface area contributed by atoms with Crippen molar-refractivity contribution in [2.45, 2.75) is 18.4 Å². The van der Waals surface area contributed by atoms with Crippen LogP contribution in [0.4, 0.5) is 0 Å². The molecule has 1 atom stereocenters. The molecule has 1 aromatic heterocycles. The number of aromatic nitrogens is 1. The molecule has 1 unspecified atom stereocenters. The Morgan fingerprint density at radius 2 is 2.47 bits per heavy atom. The van der Waals surface area contributed by atoms with Crippen LogP contribution in [-0.4, -0.2) is 41.4 Å². The van der Waals surface area contributed by atoms with E-state index in [0.717, 1.165) is 18.5 Å². The topological polar surface area (TPSA) is 63.5 Å². The SMILES string of the molecule is COC(=O)c1cc(CC2(O)CCNC2)cn1C. The highest BCUT2D eigenvalue weighted by molar-refractivity contribution is 5.87. The van der Waals surface area contributed by atoms with Crippen LogP contribution < -0.4 is 5.32 Å².